The lowest BCUT2D eigenvalue weighted by atomic mass is 9.60. The third-order valence-corrected chi connectivity index (χ3v) is 7.73. The van der Waals surface area contributed by atoms with Gasteiger partial charge in [-0.3, -0.25) is 0 Å². The Labute approximate surface area is 133 Å². The van der Waals surface area contributed by atoms with Gasteiger partial charge in [0.2, 0.25) is 0 Å². The predicted octanol–water partition coefficient (Wildman–Crippen LogP) is 6.79. The van der Waals surface area contributed by atoms with E-state index >= 15 is 0 Å². The van der Waals surface area contributed by atoms with Gasteiger partial charge in [0.25, 0.3) is 0 Å². The normalized spacial score (nSPS) is 40.9. The molecule has 0 heterocycles. The van der Waals surface area contributed by atoms with Crippen LogP contribution in [-0.4, -0.2) is 0 Å². The average molecular weight is 290 g/mol. The van der Waals surface area contributed by atoms with Crippen LogP contribution in [0, 0.1) is 35.5 Å². The van der Waals surface area contributed by atoms with Crippen LogP contribution in [0.4, 0.5) is 0 Å². The van der Waals surface area contributed by atoms with Crippen molar-refractivity contribution in [2.75, 3.05) is 0 Å². The first-order valence-electron chi connectivity index (χ1n) is 10.0. The van der Waals surface area contributed by atoms with Crippen molar-refractivity contribution < 1.29 is 0 Å². The number of rotatable bonds is 3. The summed E-state index contributed by atoms with van der Waals surface area (Å²) in [5.41, 5.74) is 0.694. The SMILES string of the molecule is CCC1CCC(C2CCC(C3(C)CC[CH]CC3)CC2)CC1. The summed E-state index contributed by atoms with van der Waals surface area (Å²) in [5.74, 6) is 4.31. The molecule has 0 amide bonds. The zero-order valence-electron chi connectivity index (χ0n) is 14.6. The Hall–Kier alpha value is 0. The summed E-state index contributed by atoms with van der Waals surface area (Å²) >= 11 is 0. The summed E-state index contributed by atoms with van der Waals surface area (Å²) in [6.07, 6.45) is 22.1. The zero-order valence-corrected chi connectivity index (χ0v) is 14.6. The van der Waals surface area contributed by atoms with Gasteiger partial charge < -0.3 is 0 Å². The molecule has 0 heteroatoms. The molecule has 121 valence electrons. The van der Waals surface area contributed by atoms with Crippen LogP contribution in [0.1, 0.15) is 97.3 Å². The molecule has 3 aliphatic rings. The van der Waals surface area contributed by atoms with E-state index in [2.05, 4.69) is 20.3 Å². The highest BCUT2D eigenvalue weighted by atomic mass is 14.4. The molecule has 0 N–H and O–H groups in total. The minimum Gasteiger partial charge on any atom is -0.0651 e. The second-order valence-electron chi connectivity index (χ2n) is 8.82. The first-order chi connectivity index (χ1) is 10.2. The van der Waals surface area contributed by atoms with E-state index in [0.29, 0.717) is 5.41 Å². The van der Waals surface area contributed by atoms with E-state index in [0.717, 1.165) is 23.7 Å². The molecule has 0 spiro atoms. The van der Waals surface area contributed by atoms with Crippen molar-refractivity contribution in [3.05, 3.63) is 6.42 Å². The third-order valence-electron chi connectivity index (χ3n) is 7.73. The van der Waals surface area contributed by atoms with Crippen LogP contribution >= 0.6 is 0 Å². The summed E-state index contributed by atoms with van der Waals surface area (Å²) < 4.78 is 0. The van der Waals surface area contributed by atoms with Crippen LogP contribution in [0.25, 0.3) is 0 Å². The Morgan fingerprint density at radius 1 is 0.810 bits per heavy atom. The quantitative estimate of drug-likeness (QED) is 0.536. The Balaban J connectivity index is 1.47. The molecule has 21 heavy (non-hydrogen) atoms. The van der Waals surface area contributed by atoms with Crippen molar-refractivity contribution in [3.63, 3.8) is 0 Å². The summed E-state index contributed by atoms with van der Waals surface area (Å²) in [5, 5.41) is 0. The van der Waals surface area contributed by atoms with Gasteiger partial charge in [0, 0.05) is 0 Å². The second kappa shape index (κ2) is 7.05. The summed E-state index contributed by atoms with van der Waals surface area (Å²) in [7, 11) is 0. The molecule has 1 radical (unpaired) electrons. The molecule has 3 saturated carbocycles. The zero-order chi connectivity index (χ0) is 14.7. The topological polar surface area (TPSA) is 0 Å². The Bertz CT molecular complexity index is 296. The van der Waals surface area contributed by atoms with Gasteiger partial charge in [-0.2, -0.15) is 0 Å². The maximum atomic E-state index is 2.61. The monoisotopic (exact) mass is 289 g/mol. The summed E-state index contributed by atoms with van der Waals surface area (Å²) in [6, 6.07) is 0. The Morgan fingerprint density at radius 3 is 1.86 bits per heavy atom. The number of hydrogen-bond donors (Lipinski definition) is 0. The van der Waals surface area contributed by atoms with E-state index < -0.39 is 0 Å². The summed E-state index contributed by atoms with van der Waals surface area (Å²) in [4.78, 5) is 0. The van der Waals surface area contributed by atoms with Crippen molar-refractivity contribution in [1.29, 1.82) is 0 Å². The predicted molar refractivity (Wildman–Crippen MR) is 92.1 cm³/mol. The van der Waals surface area contributed by atoms with Crippen molar-refractivity contribution in [2.24, 2.45) is 29.1 Å². The van der Waals surface area contributed by atoms with E-state index in [1.807, 2.05) is 0 Å². The highest BCUT2D eigenvalue weighted by Gasteiger charge is 2.39. The Kier molecular flexibility index (Phi) is 5.33. The molecule has 0 bridgehead atoms. The molecule has 0 aromatic rings. The van der Waals surface area contributed by atoms with E-state index in [1.165, 1.54) is 44.9 Å². The molecule has 0 aromatic carbocycles. The van der Waals surface area contributed by atoms with Gasteiger partial charge >= 0.3 is 0 Å². The molecular weight excluding hydrogens is 252 g/mol. The lowest BCUT2D eigenvalue weighted by Crippen LogP contribution is -2.34. The second-order valence-corrected chi connectivity index (χ2v) is 8.82. The van der Waals surface area contributed by atoms with Gasteiger partial charge in [-0.05, 0) is 99.7 Å². The van der Waals surface area contributed by atoms with E-state index in [9.17, 15) is 0 Å². The van der Waals surface area contributed by atoms with Gasteiger partial charge in [-0.1, -0.05) is 33.1 Å². The van der Waals surface area contributed by atoms with Crippen LogP contribution in [-0.2, 0) is 0 Å². The van der Waals surface area contributed by atoms with Crippen molar-refractivity contribution in [3.8, 4) is 0 Å². The van der Waals surface area contributed by atoms with Gasteiger partial charge in [-0.15, -0.1) is 0 Å². The van der Waals surface area contributed by atoms with Crippen LogP contribution < -0.4 is 0 Å². The van der Waals surface area contributed by atoms with Crippen LogP contribution in [0.5, 0.6) is 0 Å². The molecule has 3 rings (SSSR count). The van der Waals surface area contributed by atoms with Gasteiger partial charge in [0.05, 0.1) is 0 Å². The molecule has 3 fully saturated rings. The van der Waals surface area contributed by atoms with Crippen molar-refractivity contribution in [1.82, 2.24) is 0 Å². The highest BCUT2D eigenvalue weighted by molar-refractivity contribution is 4.93. The first-order valence-corrected chi connectivity index (χ1v) is 10.0. The fourth-order valence-corrected chi connectivity index (χ4v) is 5.90. The van der Waals surface area contributed by atoms with E-state index in [-0.39, 0.29) is 0 Å². The maximum Gasteiger partial charge on any atom is -0.0297 e. The van der Waals surface area contributed by atoms with Gasteiger partial charge in [0.1, 0.15) is 0 Å². The van der Waals surface area contributed by atoms with Crippen molar-refractivity contribution in [2.45, 2.75) is 97.3 Å². The molecule has 0 nitrogen and oxygen atoms in total. The fourth-order valence-electron chi connectivity index (χ4n) is 5.90. The maximum absolute atomic E-state index is 2.61. The van der Waals surface area contributed by atoms with Crippen molar-refractivity contribution >= 4 is 0 Å². The van der Waals surface area contributed by atoms with E-state index in [4.69, 9.17) is 0 Å². The molecular formula is C21H37. The Morgan fingerprint density at radius 2 is 1.33 bits per heavy atom. The standard InChI is InChI=1S/C21H37/c1-3-17-7-9-18(10-8-17)19-11-13-20(14-12-19)21(2)15-5-4-6-16-21/h4,17-20H,3,5-16H2,1-2H3. The fraction of sp³-hybridized carbons (Fsp3) is 0.952. The van der Waals surface area contributed by atoms with Gasteiger partial charge in [-0.25, -0.2) is 0 Å². The average Bonchev–Trinajstić information content (AvgIpc) is 2.56. The molecule has 0 unspecified atom stereocenters. The largest absolute Gasteiger partial charge is 0.0651 e. The van der Waals surface area contributed by atoms with Crippen LogP contribution in [0.3, 0.4) is 0 Å². The molecule has 0 aromatic heterocycles. The molecule has 3 aliphatic carbocycles. The van der Waals surface area contributed by atoms with E-state index in [1.54, 1.807) is 38.5 Å². The molecule has 0 atom stereocenters. The lowest BCUT2D eigenvalue weighted by molar-refractivity contribution is 0.0612. The minimum absolute atomic E-state index is 0.694. The number of hydrogen-bond acceptors (Lipinski definition) is 0. The van der Waals surface area contributed by atoms with Crippen LogP contribution in [0.15, 0.2) is 0 Å². The molecule has 0 aliphatic heterocycles. The third kappa shape index (κ3) is 3.67. The highest BCUT2D eigenvalue weighted by Crippen LogP contribution is 2.50. The summed E-state index contributed by atoms with van der Waals surface area (Å²) in [6.45, 7) is 5.00. The van der Waals surface area contributed by atoms with Gasteiger partial charge in [0.15, 0.2) is 0 Å². The smallest absolute Gasteiger partial charge is 0.0297 e. The lowest BCUT2D eigenvalue weighted by Gasteiger charge is -2.46. The minimum atomic E-state index is 0.694. The van der Waals surface area contributed by atoms with Crippen LogP contribution in [0.2, 0.25) is 0 Å². The molecule has 0 saturated heterocycles. The first kappa shape index (κ1) is 15.9.